The Balaban J connectivity index is 1.08. The number of hydrogen-bond acceptors (Lipinski definition) is 1. The smallest absolute Gasteiger partial charge is 0.0467 e. The van der Waals surface area contributed by atoms with Gasteiger partial charge in [0.05, 0.1) is 0 Å². The fourth-order valence-corrected chi connectivity index (χ4v) is 8.13. The van der Waals surface area contributed by atoms with Gasteiger partial charge in [-0.1, -0.05) is 176 Å². The molecule has 10 aromatic carbocycles. The van der Waals surface area contributed by atoms with Gasteiger partial charge < -0.3 is 4.90 Å². The van der Waals surface area contributed by atoms with Gasteiger partial charge in [-0.25, -0.2) is 0 Å². The van der Waals surface area contributed by atoms with Crippen LogP contribution in [0.2, 0.25) is 0 Å². The third-order valence-electron chi connectivity index (χ3n) is 10.8. The molecule has 0 aliphatic carbocycles. The van der Waals surface area contributed by atoms with Crippen LogP contribution in [0.5, 0.6) is 0 Å². The van der Waals surface area contributed by atoms with E-state index in [1.807, 2.05) is 0 Å². The van der Waals surface area contributed by atoms with Crippen molar-refractivity contribution in [3.63, 3.8) is 0 Å². The minimum atomic E-state index is 1.10. The molecule has 0 atom stereocenters. The third-order valence-corrected chi connectivity index (χ3v) is 10.8. The van der Waals surface area contributed by atoms with E-state index in [0.29, 0.717) is 0 Å². The zero-order valence-electron chi connectivity index (χ0n) is 30.3. The molecule has 0 spiro atoms. The van der Waals surface area contributed by atoms with E-state index in [1.54, 1.807) is 0 Å². The highest BCUT2D eigenvalue weighted by molar-refractivity contribution is 6.13. The summed E-state index contributed by atoms with van der Waals surface area (Å²) < 4.78 is 0. The molecule has 10 aromatic rings. The SMILES string of the molecule is c1ccc(-c2cccc(-c3ccc(N(c4ccc(-c5cc6ccccc6c6ccccc56)cc4)c4cccc(-c5cccc6ccccc56)c4)cc3)c2)cc1. The van der Waals surface area contributed by atoms with E-state index in [2.05, 4.69) is 229 Å². The monoisotopic (exact) mass is 699 g/mol. The topological polar surface area (TPSA) is 3.24 Å². The predicted molar refractivity (Wildman–Crippen MR) is 235 cm³/mol. The van der Waals surface area contributed by atoms with Gasteiger partial charge in [-0.15, -0.1) is 0 Å². The van der Waals surface area contributed by atoms with Crippen molar-refractivity contribution in [3.8, 4) is 44.5 Å². The molecule has 0 aromatic heterocycles. The molecule has 0 saturated heterocycles. The quantitative estimate of drug-likeness (QED) is 0.150. The summed E-state index contributed by atoms with van der Waals surface area (Å²) in [6, 6.07) is 81.4. The van der Waals surface area contributed by atoms with Crippen LogP contribution in [-0.2, 0) is 0 Å². The van der Waals surface area contributed by atoms with Crippen LogP contribution < -0.4 is 4.90 Å². The summed E-state index contributed by atoms with van der Waals surface area (Å²) in [5, 5.41) is 7.57. The van der Waals surface area contributed by atoms with Crippen LogP contribution in [0.1, 0.15) is 0 Å². The molecule has 0 aliphatic heterocycles. The average Bonchev–Trinajstić information content (AvgIpc) is 3.27. The first-order valence-electron chi connectivity index (χ1n) is 18.9. The highest BCUT2D eigenvalue weighted by Crippen LogP contribution is 2.41. The molecule has 0 radical (unpaired) electrons. The zero-order valence-corrected chi connectivity index (χ0v) is 30.3. The second-order valence-corrected chi connectivity index (χ2v) is 14.1. The maximum atomic E-state index is 2.38. The second-order valence-electron chi connectivity index (χ2n) is 14.1. The number of nitrogens with zero attached hydrogens (tertiary/aromatic N) is 1. The highest BCUT2D eigenvalue weighted by Gasteiger charge is 2.16. The van der Waals surface area contributed by atoms with Crippen molar-refractivity contribution in [1.82, 2.24) is 0 Å². The highest BCUT2D eigenvalue weighted by atomic mass is 15.1. The molecule has 10 rings (SSSR count). The molecule has 0 amide bonds. The van der Waals surface area contributed by atoms with Crippen LogP contribution in [0, 0.1) is 0 Å². The third kappa shape index (κ3) is 6.12. The van der Waals surface area contributed by atoms with E-state index in [1.165, 1.54) is 76.8 Å². The molecule has 0 aliphatic rings. The van der Waals surface area contributed by atoms with Gasteiger partial charge >= 0.3 is 0 Å². The number of benzene rings is 10. The molecule has 258 valence electrons. The molecule has 0 unspecified atom stereocenters. The van der Waals surface area contributed by atoms with Gasteiger partial charge in [0.25, 0.3) is 0 Å². The fraction of sp³-hybridized carbons (Fsp3) is 0. The molecule has 0 bridgehead atoms. The molecule has 0 saturated carbocycles. The minimum Gasteiger partial charge on any atom is -0.310 e. The second kappa shape index (κ2) is 14.0. The van der Waals surface area contributed by atoms with Crippen molar-refractivity contribution in [2.24, 2.45) is 0 Å². The van der Waals surface area contributed by atoms with Crippen molar-refractivity contribution < 1.29 is 0 Å². The van der Waals surface area contributed by atoms with Crippen molar-refractivity contribution in [3.05, 3.63) is 224 Å². The van der Waals surface area contributed by atoms with E-state index in [9.17, 15) is 0 Å². The van der Waals surface area contributed by atoms with Gasteiger partial charge in [0.15, 0.2) is 0 Å². The molecule has 0 heterocycles. The van der Waals surface area contributed by atoms with Crippen LogP contribution in [0.25, 0.3) is 76.8 Å². The summed E-state index contributed by atoms with van der Waals surface area (Å²) in [5.74, 6) is 0. The van der Waals surface area contributed by atoms with Crippen molar-refractivity contribution >= 4 is 49.4 Å². The average molecular weight is 700 g/mol. The van der Waals surface area contributed by atoms with Crippen molar-refractivity contribution in [1.29, 1.82) is 0 Å². The van der Waals surface area contributed by atoms with Crippen molar-refractivity contribution in [2.45, 2.75) is 0 Å². The summed E-state index contributed by atoms with van der Waals surface area (Å²) >= 11 is 0. The van der Waals surface area contributed by atoms with Crippen LogP contribution in [0.4, 0.5) is 17.1 Å². The lowest BCUT2D eigenvalue weighted by Crippen LogP contribution is -2.10. The Bertz CT molecular complexity index is 2950. The van der Waals surface area contributed by atoms with Crippen LogP contribution in [-0.4, -0.2) is 0 Å². The minimum absolute atomic E-state index is 1.10. The summed E-state index contributed by atoms with van der Waals surface area (Å²) in [6.07, 6.45) is 0. The first-order valence-corrected chi connectivity index (χ1v) is 18.9. The van der Waals surface area contributed by atoms with Crippen molar-refractivity contribution in [2.75, 3.05) is 4.90 Å². The lowest BCUT2D eigenvalue weighted by atomic mass is 9.93. The van der Waals surface area contributed by atoms with Gasteiger partial charge in [-0.3, -0.25) is 0 Å². The molecular weight excluding hydrogens is 663 g/mol. The summed E-state index contributed by atoms with van der Waals surface area (Å²) in [5.41, 5.74) is 13.0. The maximum absolute atomic E-state index is 2.38. The maximum Gasteiger partial charge on any atom is 0.0467 e. The number of anilines is 3. The van der Waals surface area contributed by atoms with E-state index in [4.69, 9.17) is 0 Å². The first-order chi connectivity index (χ1) is 27.3. The molecule has 1 heteroatoms. The lowest BCUT2D eigenvalue weighted by Gasteiger charge is -2.26. The van der Waals surface area contributed by atoms with E-state index >= 15 is 0 Å². The Morgan fingerprint density at radius 3 is 1.47 bits per heavy atom. The summed E-state index contributed by atoms with van der Waals surface area (Å²) in [7, 11) is 0. The Kier molecular flexibility index (Phi) is 8.24. The van der Waals surface area contributed by atoms with Gasteiger partial charge in [-0.2, -0.15) is 0 Å². The standard InChI is InChI=1S/C54H37N/c1-2-13-38(14-3-1)42-18-10-19-43(35-42)39-27-31-46(32-28-39)55(48-21-11-20-44(36-48)50-26-12-17-40-15-4-6-22-49(40)50)47-33-29-41(30-34-47)54-37-45-16-5-7-23-51(45)52-24-8-9-25-53(52)54/h1-37H. The van der Waals surface area contributed by atoms with Crippen LogP contribution >= 0.6 is 0 Å². The molecule has 0 fully saturated rings. The van der Waals surface area contributed by atoms with Crippen LogP contribution in [0.3, 0.4) is 0 Å². The van der Waals surface area contributed by atoms with E-state index in [0.717, 1.165) is 17.1 Å². The lowest BCUT2D eigenvalue weighted by molar-refractivity contribution is 1.28. The first kappa shape index (κ1) is 32.4. The Morgan fingerprint density at radius 2 is 0.727 bits per heavy atom. The largest absolute Gasteiger partial charge is 0.310 e. The number of fused-ring (bicyclic) bond motifs is 4. The zero-order chi connectivity index (χ0) is 36.6. The predicted octanol–water partition coefficient (Wildman–Crippen LogP) is 15.3. The van der Waals surface area contributed by atoms with Gasteiger partial charge in [0, 0.05) is 17.1 Å². The molecule has 0 N–H and O–H groups in total. The number of rotatable bonds is 7. The summed E-state index contributed by atoms with van der Waals surface area (Å²) in [6.45, 7) is 0. The van der Waals surface area contributed by atoms with E-state index < -0.39 is 0 Å². The van der Waals surface area contributed by atoms with Gasteiger partial charge in [-0.05, 0) is 125 Å². The normalized spacial score (nSPS) is 11.3. The van der Waals surface area contributed by atoms with Gasteiger partial charge in [0.2, 0.25) is 0 Å². The van der Waals surface area contributed by atoms with E-state index in [-0.39, 0.29) is 0 Å². The molecule has 1 nitrogen and oxygen atoms in total. The number of hydrogen-bond donors (Lipinski definition) is 0. The Labute approximate surface area is 322 Å². The Morgan fingerprint density at radius 1 is 0.218 bits per heavy atom. The fourth-order valence-electron chi connectivity index (χ4n) is 8.13. The molecular formula is C54H37N. The van der Waals surface area contributed by atoms with Crippen LogP contribution in [0.15, 0.2) is 224 Å². The molecule has 55 heavy (non-hydrogen) atoms. The Hall–Kier alpha value is -7.22. The summed E-state index contributed by atoms with van der Waals surface area (Å²) in [4.78, 5) is 2.38. The van der Waals surface area contributed by atoms with Gasteiger partial charge in [0.1, 0.15) is 0 Å².